The molecule has 0 heterocycles. The van der Waals surface area contributed by atoms with Crippen molar-refractivity contribution in [1.82, 2.24) is 0 Å². The van der Waals surface area contributed by atoms with Gasteiger partial charge in [-0.15, -0.1) is 0 Å². The predicted molar refractivity (Wildman–Crippen MR) is 112 cm³/mol. The quantitative estimate of drug-likeness (QED) is 0.585. The summed E-state index contributed by atoms with van der Waals surface area (Å²) in [5, 5.41) is 3.00. The van der Waals surface area contributed by atoms with Crippen LogP contribution in [0.1, 0.15) is 18.1 Å². The van der Waals surface area contributed by atoms with Crippen LogP contribution in [-0.4, -0.2) is 12.0 Å². The van der Waals surface area contributed by atoms with E-state index in [0.29, 0.717) is 0 Å². The molecule has 0 aliphatic carbocycles. The molecule has 0 radical (unpaired) electrons. The van der Waals surface area contributed by atoms with Crippen molar-refractivity contribution >= 4 is 23.4 Å². The fourth-order valence-corrected chi connectivity index (χ4v) is 3.61. The summed E-state index contributed by atoms with van der Waals surface area (Å²) in [6.07, 6.45) is -0.596. The Kier molecular flexibility index (Phi) is 6.20. The third-order valence-corrected chi connectivity index (χ3v) is 5.20. The van der Waals surface area contributed by atoms with Crippen molar-refractivity contribution in [2.45, 2.75) is 36.7 Å². The van der Waals surface area contributed by atoms with E-state index in [-0.39, 0.29) is 5.91 Å². The van der Waals surface area contributed by atoms with E-state index in [1.807, 2.05) is 74.5 Å². The van der Waals surface area contributed by atoms with Gasteiger partial charge in [-0.1, -0.05) is 59.8 Å². The lowest BCUT2D eigenvalue weighted by Gasteiger charge is -2.17. The summed E-state index contributed by atoms with van der Waals surface area (Å²) < 4.78 is 5.87. The van der Waals surface area contributed by atoms with Gasteiger partial charge in [0.25, 0.3) is 5.91 Å². The molecule has 4 heteroatoms. The standard InChI is InChI=1S/C23H23NO2S/c1-16-13-14-21(17(2)15-16)26-18(3)23(25)24-20-11-7-8-12-22(20)27-19-9-5-4-6-10-19/h4-15,18H,1-3H3,(H,24,25)/t18-/m1/s1. The van der Waals surface area contributed by atoms with E-state index in [1.165, 1.54) is 5.56 Å². The highest BCUT2D eigenvalue weighted by molar-refractivity contribution is 7.99. The molecule has 0 fully saturated rings. The number of para-hydroxylation sites is 1. The molecule has 0 unspecified atom stereocenters. The first-order valence-electron chi connectivity index (χ1n) is 8.89. The molecule has 0 aliphatic rings. The molecule has 0 spiro atoms. The lowest BCUT2D eigenvalue weighted by molar-refractivity contribution is -0.122. The van der Waals surface area contributed by atoms with E-state index < -0.39 is 6.10 Å². The largest absolute Gasteiger partial charge is 0.481 e. The van der Waals surface area contributed by atoms with Crippen molar-refractivity contribution in [3.8, 4) is 5.75 Å². The van der Waals surface area contributed by atoms with Gasteiger partial charge < -0.3 is 10.1 Å². The number of nitrogens with one attached hydrogen (secondary N) is 1. The maximum atomic E-state index is 12.7. The number of anilines is 1. The molecular weight excluding hydrogens is 354 g/mol. The molecular formula is C23H23NO2S. The summed E-state index contributed by atoms with van der Waals surface area (Å²) >= 11 is 1.62. The number of ether oxygens (including phenoxy) is 1. The number of benzene rings is 3. The zero-order chi connectivity index (χ0) is 19.2. The van der Waals surface area contributed by atoms with Crippen LogP contribution in [0.3, 0.4) is 0 Å². The maximum absolute atomic E-state index is 12.7. The molecule has 27 heavy (non-hydrogen) atoms. The Morgan fingerprint density at radius 1 is 0.963 bits per heavy atom. The van der Waals surface area contributed by atoms with Crippen LogP contribution in [0.25, 0.3) is 0 Å². The monoisotopic (exact) mass is 377 g/mol. The van der Waals surface area contributed by atoms with Crippen LogP contribution in [0.4, 0.5) is 5.69 Å². The molecule has 0 bridgehead atoms. The average Bonchev–Trinajstić information content (AvgIpc) is 2.66. The summed E-state index contributed by atoms with van der Waals surface area (Å²) in [7, 11) is 0. The molecule has 3 nitrogen and oxygen atoms in total. The molecule has 3 aromatic rings. The normalized spacial score (nSPS) is 11.7. The maximum Gasteiger partial charge on any atom is 0.265 e. The zero-order valence-corrected chi connectivity index (χ0v) is 16.5. The van der Waals surface area contributed by atoms with Gasteiger partial charge in [-0.2, -0.15) is 0 Å². The smallest absolute Gasteiger partial charge is 0.265 e. The second-order valence-electron chi connectivity index (χ2n) is 6.43. The SMILES string of the molecule is Cc1ccc(O[C@H](C)C(=O)Nc2ccccc2Sc2ccccc2)c(C)c1. The van der Waals surface area contributed by atoms with Gasteiger partial charge in [-0.25, -0.2) is 0 Å². The summed E-state index contributed by atoms with van der Waals surface area (Å²) in [5.41, 5.74) is 2.98. The predicted octanol–water partition coefficient (Wildman–Crippen LogP) is 5.86. The lowest BCUT2D eigenvalue weighted by atomic mass is 10.1. The highest BCUT2D eigenvalue weighted by Crippen LogP contribution is 2.33. The van der Waals surface area contributed by atoms with E-state index in [0.717, 1.165) is 26.8 Å². The van der Waals surface area contributed by atoms with Gasteiger partial charge in [0, 0.05) is 9.79 Å². The van der Waals surface area contributed by atoms with E-state index in [2.05, 4.69) is 17.4 Å². The van der Waals surface area contributed by atoms with Gasteiger partial charge in [-0.3, -0.25) is 4.79 Å². The molecule has 0 aliphatic heterocycles. The van der Waals surface area contributed by atoms with Gasteiger partial charge in [0.2, 0.25) is 0 Å². The average molecular weight is 378 g/mol. The highest BCUT2D eigenvalue weighted by atomic mass is 32.2. The Balaban J connectivity index is 1.70. The van der Waals surface area contributed by atoms with Gasteiger partial charge in [0.1, 0.15) is 5.75 Å². The third kappa shape index (κ3) is 5.14. The number of aryl methyl sites for hydroxylation is 2. The van der Waals surface area contributed by atoms with Gasteiger partial charge in [0.05, 0.1) is 5.69 Å². The summed E-state index contributed by atoms with van der Waals surface area (Å²) in [4.78, 5) is 14.8. The van der Waals surface area contributed by atoms with Gasteiger partial charge in [0.15, 0.2) is 6.10 Å². The number of rotatable bonds is 6. The molecule has 1 N–H and O–H groups in total. The first-order valence-corrected chi connectivity index (χ1v) is 9.71. The van der Waals surface area contributed by atoms with Crippen molar-refractivity contribution < 1.29 is 9.53 Å². The second kappa shape index (κ2) is 8.78. The minimum Gasteiger partial charge on any atom is -0.481 e. The lowest BCUT2D eigenvalue weighted by Crippen LogP contribution is -2.30. The van der Waals surface area contributed by atoms with Crippen LogP contribution in [-0.2, 0) is 4.79 Å². The van der Waals surface area contributed by atoms with Gasteiger partial charge in [-0.05, 0) is 56.7 Å². The number of hydrogen-bond acceptors (Lipinski definition) is 3. The van der Waals surface area contributed by atoms with Crippen molar-refractivity contribution in [2.75, 3.05) is 5.32 Å². The van der Waals surface area contributed by atoms with Crippen molar-refractivity contribution in [2.24, 2.45) is 0 Å². The Hall–Kier alpha value is -2.72. The molecule has 1 amide bonds. The molecule has 1 atom stereocenters. The Bertz CT molecular complexity index is 925. The zero-order valence-electron chi connectivity index (χ0n) is 15.7. The number of amides is 1. The van der Waals surface area contributed by atoms with Crippen LogP contribution in [0, 0.1) is 13.8 Å². The minimum absolute atomic E-state index is 0.170. The minimum atomic E-state index is -0.596. The Morgan fingerprint density at radius 2 is 1.67 bits per heavy atom. The Labute approximate surface area is 164 Å². The molecule has 3 rings (SSSR count). The number of hydrogen-bond donors (Lipinski definition) is 1. The first-order chi connectivity index (χ1) is 13.0. The number of carbonyl (C=O) groups is 1. The van der Waals surface area contributed by atoms with Crippen LogP contribution in [0.2, 0.25) is 0 Å². The topological polar surface area (TPSA) is 38.3 Å². The third-order valence-electron chi connectivity index (χ3n) is 4.12. The fourth-order valence-electron chi connectivity index (χ4n) is 2.68. The van der Waals surface area contributed by atoms with Crippen molar-refractivity contribution in [3.63, 3.8) is 0 Å². The molecule has 138 valence electrons. The van der Waals surface area contributed by atoms with E-state index in [1.54, 1.807) is 18.7 Å². The van der Waals surface area contributed by atoms with Crippen molar-refractivity contribution in [3.05, 3.63) is 83.9 Å². The number of carbonyl (C=O) groups excluding carboxylic acids is 1. The van der Waals surface area contributed by atoms with E-state index in [4.69, 9.17) is 4.74 Å². The molecule has 0 saturated heterocycles. The Morgan fingerprint density at radius 3 is 2.41 bits per heavy atom. The molecule has 0 saturated carbocycles. The van der Waals surface area contributed by atoms with Gasteiger partial charge >= 0.3 is 0 Å². The van der Waals surface area contributed by atoms with Crippen LogP contribution in [0.5, 0.6) is 5.75 Å². The van der Waals surface area contributed by atoms with E-state index in [9.17, 15) is 4.79 Å². The molecule has 3 aromatic carbocycles. The fraction of sp³-hybridized carbons (Fsp3) is 0.174. The van der Waals surface area contributed by atoms with E-state index >= 15 is 0 Å². The van der Waals surface area contributed by atoms with Crippen molar-refractivity contribution in [1.29, 1.82) is 0 Å². The summed E-state index contributed by atoms with van der Waals surface area (Å²) in [5.74, 6) is 0.561. The second-order valence-corrected chi connectivity index (χ2v) is 7.54. The highest BCUT2D eigenvalue weighted by Gasteiger charge is 2.17. The van der Waals surface area contributed by atoms with Crippen LogP contribution >= 0.6 is 11.8 Å². The summed E-state index contributed by atoms with van der Waals surface area (Å²) in [6, 6.07) is 23.8. The first kappa shape index (κ1) is 19.1. The van der Waals surface area contributed by atoms with Crippen LogP contribution in [0.15, 0.2) is 82.6 Å². The molecule has 0 aromatic heterocycles. The summed E-state index contributed by atoms with van der Waals surface area (Å²) in [6.45, 7) is 5.79. The van der Waals surface area contributed by atoms with Crippen LogP contribution < -0.4 is 10.1 Å².